The molecule has 3 aromatic rings. The minimum absolute atomic E-state index is 0.934. The van der Waals surface area contributed by atoms with Crippen molar-refractivity contribution < 1.29 is 4.42 Å². The predicted molar refractivity (Wildman–Crippen MR) is 64.2 cm³/mol. The van der Waals surface area contributed by atoms with E-state index in [1.807, 2.05) is 30.3 Å². The minimum Gasteiger partial charge on any atom is -0.456 e. The van der Waals surface area contributed by atoms with E-state index >= 15 is 0 Å². The Kier molecular flexibility index (Phi) is 2.00. The van der Waals surface area contributed by atoms with E-state index in [-0.39, 0.29) is 0 Å². The fourth-order valence-electron chi connectivity index (χ4n) is 1.95. The molecule has 0 unspecified atom stereocenters. The van der Waals surface area contributed by atoms with Crippen LogP contribution < -0.4 is 0 Å². The van der Waals surface area contributed by atoms with Gasteiger partial charge >= 0.3 is 0 Å². The Hall–Kier alpha value is -2.09. The van der Waals surface area contributed by atoms with Crippen molar-refractivity contribution in [2.24, 2.45) is 0 Å². The van der Waals surface area contributed by atoms with Gasteiger partial charge in [-0.3, -0.25) is 4.98 Å². The molecule has 1 aromatic carbocycles. The second-order valence-electron chi connectivity index (χ2n) is 3.79. The van der Waals surface area contributed by atoms with Crippen LogP contribution >= 0.6 is 0 Å². The normalized spacial score (nSPS) is 10.8. The van der Waals surface area contributed by atoms with Crippen LogP contribution in [0.4, 0.5) is 0 Å². The number of para-hydroxylation sites is 1. The molecule has 0 spiro atoms. The van der Waals surface area contributed by atoms with Crippen LogP contribution in [0.1, 0.15) is 5.56 Å². The molecule has 78 valence electrons. The molecule has 3 rings (SSSR count). The first-order valence-electron chi connectivity index (χ1n) is 5.25. The molecule has 2 aromatic heterocycles. The lowest BCUT2D eigenvalue weighted by Gasteiger charge is -1.96. The SMILES string of the molecule is Cc1c(-c2ccncc2)oc2ccccc12. The second kappa shape index (κ2) is 3.49. The lowest BCUT2D eigenvalue weighted by Crippen LogP contribution is -1.77. The molecular weight excluding hydrogens is 198 g/mol. The Morgan fingerprint density at radius 3 is 2.50 bits per heavy atom. The van der Waals surface area contributed by atoms with E-state index in [9.17, 15) is 0 Å². The molecule has 0 bridgehead atoms. The lowest BCUT2D eigenvalue weighted by atomic mass is 10.1. The van der Waals surface area contributed by atoms with Gasteiger partial charge in [-0.05, 0) is 25.1 Å². The van der Waals surface area contributed by atoms with Crippen LogP contribution in [0.5, 0.6) is 0 Å². The molecule has 0 fully saturated rings. The van der Waals surface area contributed by atoms with Crippen LogP contribution in [0.25, 0.3) is 22.3 Å². The fraction of sp³-hybridized carbons (Fsp3) is 0.0714. The summed E-state index contributed by atoms with van der Waals surface area (Å²) in [7, 11) is 0. The lowest BCUT2D eigenvalue weighted by molar-refractivity contribution is 0.629. The number of nitrogens with zero attached hydrogens (tertiary/aromatic N) is 1. The van der Waals surface area contributed by atoms with Crippen molar-refractivity contribution in [1.82, 2.24) is 4.98 Å². The Bertz CT molecular complexity index is 626. The summed E-state index contributed by atoms with van der Waals surface area (Å²) in [6.07, 6.45) is 3.56. The first kappa shape index (κ1) is 9.16. The zero-order valence-corrected chi connectivity index (χ0v) is 8.97. The molecule has 0 aliphatic carbocycles. The molecule has 0 amide bonds. The largest absolute Gasteiger partial charge is 0.456 e. The molecular formula is C14H11NO. The Morgan fingerprint density at radius 1 is 1.00 bits per heavy atom. The van der Waals surface area contributed by atoms with Crippen molar-refractivity contribution in [3.8, 4) is 11.3 Å². The number of rotatable bonds is 1. The maximum absolute atomic E-state index is 5.86. The zero-order chi connectivity index (χ0) is 11.0. The maximum Gasteiger partial charge on any atom is 0.138 e. The smallest absolute Gasteiger partial charge is 0.138 e. The predicted octanol–water partition coefficient (Wildman–Crippen LogP) is 3.80. The van der Waals surface area contributed by atoms with Gasteiger partial charge in [-0.1, -0.05) is 18.2 Å². The summed E-state index contributed by atoms with van der Waals surface area (Å²) < 4.78 is 5.86. The maximum atomic E-state index is 5.86. The van der Waals surface area contributed by atoms with Crippen LogP contribution in [-0.2, 0) is 0 Å². The summed E-state index contributed by atoms with van der Waals surface area (Å²) in [4.78, 5) is 4.01. The van der Waals surface area contributed by atoms with Gasteiger partial charge in [0.2, 0.25) is 0 Å². The van der Waals surface area contributed by atoms with E-state index in [1.54, 1.807) is 12.4 Å². The number of furan rings is 1. The average molecular weight is 209 g/mol. The van der Waals surface area contributed by atoms with Gasteiger partial charge < -0.3 is 4.42 Å². The van der Waals surface area contributed by atoms with Crippen molar-refractivity contribution in [3.05, 3.63) is 54.4 Å². The van der Waals surface area contributed by atoms with Gasteiger partial charge in [-0.25, -0.2) is 0 Å². The highest BCUT2D eigenvalue weighted by Crippen LogP contribution is 2.32. The number of aryl methyl sites for hydroxylation is 1. The van der Waals surface area contributed by atoms with Crippen LogP contribution in [0.2, 0.25) is 0 Å². The van der Waals surface area contributed by atoms with Crippen molar-refractivity contribution in [2.75, 3.05) is 0 Å². The van der Waals surface area contributed by atoms with Crippen molar-refractivity contribution in [2.45, 2.75) is 6.92 Å². The Balaban J connectivity index is 2.29. The fourth-order valence-corrected chi connectivity index (χ4v) is 1.95. The second-order valence-corrected chi connectivity index (χ2v) is 3.79. The average Bonchev–Trinajstić information content (AvgIpc) is 2.69. The Morgan fingerprint density at radius 2 is 1.75 bits per heavy atom. The summed E-state index contributed by atoms with van der Waals surface area (Å²) in [5.41, 5.74) is 3.19. The molecule has 0 aliphatic heterocycles. The van der Waals surface area contributed by atoms with Gasteiger partial charge in [-0.15, -0.1) is 0 Å². The highest BCUT2D eigenvalue weighted by Gasteiger charge is 2.10. The highest BCUT2D eigenvalue weighted by molar-refractivity contribution is 5.87. The van der Waals surface area contributed by atoms with Crippen LogP contribution in [-0.4, -0.2) is 4.98 Å². The number of fused-ring (bicyclic) bond motifs is 1. The number of aromatic nitrogens is 1. The van der Waals surface area contributed by atoms with Gasteiger partial charge in [0.25, 0.3) is 0 Å². The molecule has 2 nitrogen and oxygen atoms in total. The van der Waals surface area contributed by atoms with Crippen LogP contribution in [0.3, 0.4) is 0 Å². The summed E-state index contributed by atoms with van der Waals surface area (Å²) in [5.74, 6) is 0.934. The molecule has 2 heteroatoms. The van der Waals surface area contributed by atoms with Crippen molar-refractivity contribution in [3.63, 3.8) is 0 Å². The minimum atomic E-state index is 0.934. The monoisotopic (exact) mass is 209 g/mol. The van der Waals surface area contributed by atoms with E-state index in [0.29, 0.717) is 0 Å². The van der Waals surface area contributed by atoms with Gasteiger partial charge in [0.1, 0.15) is 11.3 Å². The van der Waals surface area contributed by atoms with Gasteiger partial charge in [0, 0.05) is 28.9 Å². The summed E-state index contributed by atoms with van der Waals surface area (Å²) >= 11 is 0. The molecule has 0 saturated carbocycles. The topological polar surface area (TPSA) is 26.0 Å². The number of pyridine rings is 1. The first-order valence-corrected chi connectivity index (χ1v) is 5.25. The zero-order valence-electron chi connectivity index (χ0n) is 8.97. The summed E-state index contributed by atoms with van der Waals surface area (Å²) in [6.45, 7) is 2.08. The number of hydrogen-bond acceptors (Lipinski definition) is 2. The van der Waals surface area contributed by atoms with Crippen molar-refractivity contribution >= 4 is 11.0 Å². The van der Waals surface area contributed by atoms with E-state index in [1.165, 1.54) is 10.9 Å². The van der Waals surface area contributed by atoms with Crippen LogP contribution in [0.15, 0.2) is 53.2 Å². The molecule has 0 radical (unpaired) electrons. The van der Waals surface area contributed by atoms with Gasteiger partial charge in [0.05, 0.1) is 0 Å². The quantitative estimate of drug-likeness (QED) is 0.609. The number of hydrogen-bond donors (Lipinski definition) is 0. The van der Waals surface area contributed by atoms with Crippen LogP contribution in [0, 0.1) is 6.92 Å². The molecule has 0 N–H and O–H groups in total. The number of benzene rings is 1. The third-order valence-electron chi connectivity index (χ3n) is 2.79. The summed E-state index contributed by atoms with van der Waals surface area (Å²) in [5, 5.41) is 1.18. The molecule has 2 heterocycles. The highest BCUT2D eigenvalue weighted by atomic mass is 16.3. The summed E-state index contributed by atoms with van der Waals surface area (Å²) in [6, 6.07) is 12.0. The third-order valence-corrected chi connectivity index (χ3v) is 2.79. The van der Waals surface area contributed by atoms with E-state index in [0.717, 1.165) is 16.9 Å². The molecule has 0 atom stereocenters. The van der Waals surface area contributed by atoms with Gasteiger partial charge in [0.15, 0.2) is 0 Å². The molecule has 0 saturated heterocycles. The Labute approximate surface area is 93.5 Å². The van der Waals surface area contributed by atoms with Crippen molar-refractivity contribution in [1.29, 1.82) is 0 Å². The molecule has 16 heavy (non-hydrogen) atoms. The third kappa shape index (κ3) is 1.31. The van der Waals surface area contributed by atoms with E-state index in [4.69, 9.17) is 4.42 Å². The van der Waals surface area contributed by atoms with E-state index < -0.39 is 0 Å². The molecule has 0 aliphatic rings. The van der Waals surface area contributed by atoms with E-state index in [2.05, 4.69) is 18.0 Å². The first-order chi connectivity index (χ1) is 7.86. The standard InChI is InChI=1S/C14H11NO/c1-10-12-4-2-3-5-13(12)16-14(10)11-6-8-15-9-7-11/h2-9H,1H3. The van der Waals surface area contributed by atoms with Gasteiger partial charge in [-0.2, -0.15) is 0 Å².